The normalized spacial score (nSPS) is 11.4. The summed E-state index contributed by atoms with van der Waals surface area (Å²) in [6.45, 7) is 3.33. The number of ether oxygens (including phenoxy) is 1. The van der Waals surface area contributed by atoms with E-state index in [1.165, 1.54) is 0 Å². The molecule has 0 atom stereocenters. The molecule has 2 rings (SSSR count). The van der Waals surface area contributed by atoms with E-state index in [2.05, 4.69) is 9.97 Å². The topological polar surface area (TPSA) is 81.3 Å². The number of para-hydroxylation sites is 1. The minimum atomic E-state index is -1.01. The van der Waals surface area contributed by atoms with Crippen molar-refractivity contribution in [1.29, 1.82) is 0 Å². The monoisotopic (exact) mass is 259 g/mol. The van der Waals surface area contributed by atoms with E-state index < -0.39 is 5.60 Å². The molecular weight excluding hydrogens is 242 g/mol. The number of nitrogens with zero attached hydrogens (tertiary/aromatic N) is 2. The highest BCUT2D eigenvalue weighted by Gasteiger charge is 2.18. The molecule has 100 valence electrons. The summed E-state index contributed by atoms with van der Waals surface area (Å²) in [4.78, 5) is 8.53. The lowest BCUT2D eigenvalue weighted by molar-refractivity contribution is 0.0734. The number of benzene rings is 1. The molecule has 0 aliphatic heterocycles. The first-order valence-electron chi connectivity index (χ1n) is 5.91. The fraction of sp³-hybridized carbons (Fsp3) is 0.286. The largest absolute Gasteiger partial charge is 0.494 e. The van der Waals surface area contributed by atoms with Crippen LogP contribution in [0, 0.1) is 0 Å². The van der Waals surface area contributed by atoms with Gasteiger partial charge in [-0.1, -0.05) is 6.07 Å². The molecule has 0 amide bonds. The molecule has 1 aromatic carbocycles. The average Bonchev–Trinajstić information content (AvgIpc) is 2.37. The summed E-state index contributed by atoms with van der Waals surface area (Å²) >= 11 is 0. The molecule has 0 saturated carbocycles. The number of nitrogen functional groups attached to an aromatic ring is 1. The lowest BCUT2D eigenvalue weighted by Gasteiger charge is -2.16. The van der Waals surface area contributed by atoms with Gasteiger partial charge in [-0.15, -0.1) is 0 Å². The molecule has 0 radical (unpaired) electrons. The van der Waals surface area contributed by atoms with E-state index >= 15 is 0 Å². The summed E-state index contributed by atoms with van der Waals surface area (Å²) < 4.78 is 5.29. The van der Waals surface area contributed by atoms with Crippen LogP contribution in [0.3, 0.4) is 0 Å². The van der Waals surface area contributed by atoms with Crippen molar-refractivity contribution in [1.82, 2.24) is 9.97 Å². The van der Waals surface area contributed by atoms with Crippen LogP contribution in [0.2, 0.25) is 0 Å². The molecule has 0 aliphatic rings. The average molecular weight is 259 g/mol. The van der Waals surface area contributed by atoms with E-state index in [0.29, 0.717) is 22.8 Å². The van der Waals surface area contributed by atoms with Crippen LogP contribution >= 0.6 is 0 Å². The van der Waals surface area contributed by atoms with E-state index in [-0.39, 0.29) is 0 Å². The van der Waals surface area contributed by atoms with Crippen molar-refractivity contribution in [2.45, 2.75) is 19.4 Å². The lowest BCUT2D eigenvalue weighted by atomic mass is 10.1. The Labute approximate surface area is 112 Å². The predicted molar refractivity (Wildman–Crippen MR) is 73.7 cm³/mol. The molecule has 5 heteroatoms. The number of rotatable bonds is 3. The van der Waals surface area contributed by atoms with E-state index in [0.717, 1.165) is 5.56 Å². The maximum atomic E-state index is 9.85. The Morgan fingerprint density at radius 1 is 1.21 bits per heavy atom. The van der Waals surface area contributed by atoms with Crippen molar-refractivity contribution in [3.05, 3.63) is 36.3 Å². The second kappa shape index (κ2) is 4.85. The number of aliphatic hydroxyl groups is 1. The Hall–Kier alpha value is -2.14. The van der Waals surface area contributed by atoms with Crippen LogP contribution in [0.5, 0.6) is 5.75 Å². The minimum Gasteiger partial charge on any atom is -0.494 e. The summed E-state index contributed by atoms with van der Waals surface area (Å²) in [5, 5.41) is 9.85. The zero-order valence-electron chi connectivity index (χ0n) is 11.2. The van der Waals surface area contributed by atoms with Crippen LogP contribution in [0.15, 0.2) is 30.6 Å². The van der Waals surface area contributed by atoms with Crippen molar-refractivity contribution < 1.29 is 9.84 Å². The van der Waals surface area contributed by atoms with Crippen molar-refractivity contribution in [3.63, 3.8) is 0 Å². The quantitative estimate of drug-likeness (QED) is 0.823. The van der Waals surface area contributed by atoms with Crippen LogP contribution in [0.25, 0.3) is 11.3 Å². The second-order valence-corrected chi connectivity index (χ2v) is 4.77. The SMILES string of the molecule is COc1c(N)cccc1-c1cnc(C(C)(C)O)cn1. The van der Waals surface area contributed by atoms with Gasteiger partial charge in [0.1, 0.15) is 5.60 Å². The number of hydrogen-bond donors (Lipinski definition) is 2. The minimum absolute atomic E-state index is 0.513. The molecule has 2 aromatic rings. The molecule has 0 fully saturated rings. The van der Waals surface area contributed by atoms with Crippen molar-refractivity contribution >= 4 is 5.69 Å². The standard InChI is InChI=1S/C14H17N3O2/c1-14(2,18)12-8-16-11(7-17-12)9-5-4-6-10(15)13(9)19-3/h4-8,18H,15H2,1-3H3. The number of anilines is 1. The van der Waals surface area contributed by atoms with E-state index in [4.69, 9.17) is 10.5 Å². The fourth-order valence-electron chi connectivity index (χ4n) is 1.77. The first-order chi connectivity index (χ1) is 8.93. The smallest absolute Gasteiger partial charge is 0.151 e. The van der Waals surface area contributed by atoms with Gasteiger partial charge in [-0.05, 0) is 26.0 Å². The van der Waals surface area contributed by atoms with Crippen molar-refractivity contribution in [2.24, 2.45) is 0 Å². The van der Waals surface area contributed by atoms with Gasteiger partial charge in [-0.25, -0.2) is 0 Å². The van der Waals surface area contributed by atoms with Crippen molar-refractivity contribution in [3.8, 4) is 17.0 Å². The zero-order chi connectivity index (χ0) is 14.0. The summed E-state index contributed by atoms with van der Waals surface area (Å²) in [6.07, 6.45) is 3.16. The maximum Gasteiger partial charge on any atom is 0.151 e. The third-order valence-corrected chi connectivity index (χ3v) is 2.80. The molecule has 0 unspecified atom stereocenters. The molecule has 5 nitrogen and oxygen atoms in total. The van der Waals surface area contributed by atoms with E-state index in [1.54, 1.807) is 39.4 Å². The highest BCUT2D eigenvalue weighted by Crippen LogP contribution is 2.33. The Morgan fingerprint density at radius 2 is 1.95 bits per heavy atom. The van der Waals surface area contributed by atoms with Gasteiger partial charge in [0, 0.05) is 5.56 Å². The summed E-state index contributed by atoms with van der Waals surface area (Å²) in [6, 6.07) is 5.46. The predicted octanol–water partition coefficient (Wildman–Crippen LogP) is 1.96. The summed E-state index contributed by atoms with van der Waals surface area (Å²) in [5.41, 5.74) is 7.33. The number of aromatic nitrogens is 2. The lowest BCUT2D eigenvalue weighted by Crippen LogP contribution is -2.17. The van der Waals surface area contributed by atoms with Crippen LogP contribution < -0.4 is 10.5 Å². The highest BCUT2D eigenvalue weighted by molar-refractivity contribution is 5.74. The first kappa shape index (κ1) is 13.3. The van der Waals surface area contributed by atoms with Gasteiger partial charge in [-0.2, -0.15) is 0 Å². The van der Waals surface area contributed by atoms with Gasteiger partial charge in [0.15, 0.2) is 5.75 Å². The molecule has 1 aromatic heterocycles. The molecule has 0 saturated heterocycles. The molecule has 0 bridgehead atoms. The van der Waals surface area contributed by atoms with Gasteiger partial charge in [0.05, 0.1) is 36.6 Å². The molecular formula is C14H17N3O2. The molecule has 0 spiro atoms. The van der Waals surface area contributed by atoms with Crippen LogP contribution in [-0.2, 0) is 5.60 Å². The Kier molecular flexibility index (Phi) is 3.40. The van der Waals surface area contributed by atoms with Crippen LogP contribution in [0.4, 0.5) is 5.69 Å². The Bertz CT molecular complexity index is 574. The zero-order valence-corrected chi connectivity index (χ0v) is 11.2. The van der Waals surface area contributed by atoms with E-state index in [9.17, 15) is 5.11 Å². The van der Waals surface area contributed by atoms with Gasteiger partial charge in [0.2, 0.25) is 0 Å². The summed E-state index contributed by atoms with van der Waals surface area (Å²) in [7, 11) is 1.56. The molecule has 1 heterocycles. The molecule has 3 N–H and O–H groups in total. The summed E-state index contributed by atoms with van der Waals surface area (Å²) in [5.74, 6) is 0.577. The van der Waals surface area contributed by atoms with Gasteiger partial charge >= 0.3 is 0 Å². The second-order valence-electron chi connectivity index (χ2n) is 4.77. The van der Waals surface area contributed by atoms with Gasteiger partial charge in [0.25, 0.3) is 0 Å². The first-order valence-corrected chi connectivity index (χ1v) is 5.91. The maximum absolute atomic E-state index is 9.85. The van der Waals surface area contributed by atoms with Crippen LogP contribution in [0.1, 0.15) is 19.5 Å². The number of methoxy groups -OCH3 is 1. The van der Waals surface area contributed by atoms with Crippen LogP contribution in [-0.4, -0.2) is 22.2 Å². The van der Waals surface area contributed by atoms with Gasteiger partial charge < -0.3 is 15.6 Å². The third-order valence-electron chi connectivity index (χ3n) is 2.80. The van der Waals surface area contributed by atoms with E-state index in [1.807, 2.05) is 12.1 Å². The third kappa shape index (κ3) is 2.66. The number of hydrogen-bond acceptors (Lipinski definition) is 5. The van der Waals surface area contributed by atoms with Crippen molar-refractivity contribution in [2.75, 3.05) is 12.8 Å². The Balaban J connectivity index is 2.46. The molecule has 19 heavy (non-hydrogen) atoms. The Morgan fingerprint density at radius 3 is 2.47 bits per heavy atom. The highest BCUT2D eigenvalue weighted by atomic mass is 16.5. The van der Waals surface area contributed by atoms with Gasteiger partial charge in [-0.3, -0.25) is 9.97 Å². The fourth-order valence-corrected chi connectivity index (χ4v) is 1.77. The number of nitrogens with two attached hydrogens (primary N) is 1. The molecule has 0 aliphatic carbocycles.